The van der Waals surface area contributed by atoms with Gasteiger partial charge in [-0.1, -0.05) is 26.7 Å². The van der Waals surface area contributed by atoms with E-state index in [0.717, 1.165) is 0 Å². The third kappa shape index (κ3) is 14.7. The van der Waals surface area contributed by atoms with Crippen LogP contribution in [0.2, 0.25) is 0 Å². The maximum Gasteiger partial charge on any atom is 0.333 e. The van der Waals surface area contributed by atoms with Crippen molar-refractivity contribution in [2.24, 2.45) is 28.6 Å². The molecule has 0 amide bonds. The summed E-state index contributed by atoms with van der Waals surface area (Å²) in [6.45, 7) is 21.8. The van der Waals surface area contributed by atoms with Gasteiger partial charge in [0.2, 0.25) is 0 Å². The number of rotatable bonds is 26. The largest absolute Gasteiger partial charge is 0.466 e. The van der Waals surface area contributed by atoms with E-state index >= 15 is 0 Å². The lowest BCUT2D eigenvalue weighted by atomic mass is 9.74. The molecule has 1 rings (SSSR count). The third-order valence-corrected chi connectivity index (χ3v) is 9.56. The Morgan fingerprint density at radius 3 is 1.10 bits per heavy atom. The zero-order chi connectivity index (χ0) is 44.1. The Labute approximate surface area is 341 Å². The maximum absolute atomic E-state index is 14.0. The number of hydrogen-bond acceptors (Lipinski definition) is 16. The minimum absolute atomic E-state index is 0.0122. The van der Waals surface area contributed by atoms with Crippen LogP contribution in [0.3, 0.4) is 0 Å². The number of ether oxygens (including phenoxy) is 8. The Kier molecular flexibility index (Phi) is 22.3. The van der Waals surface area contributed by atoms with Crippen molar-refractivity contribution in [2.45, 2.75) is 99.8 Å². The number of carbonyl (C=O) groups is 8. The van der Waals surface area contributed by atoms with Crippen molar-refractivity contribution in [3.63, 3.8) is 0 Å². The van der Waals surface area contributed by atoms with Gasteiger partial charge in [0.15, 0.2) is 10.8 Å². The smallest absolute Gasteiger partial charge is 0.333 e. The van der Waals surface area contributed by atoms with Gasteiger partial charge >= 0.3 is 47.8 Å². The van der Waals surface area contributed by atoms with Crippen LogP contribution in [-0.4, -0.2) is 101 Å². The van der Waals surface area contributed by atoms with E-state index in [9.17, 15) is 38.4 Å². The van der Waals surface area contributed by atoms with E-state index in [2.05, 4.69) is 19.7 Å². The quantitative estimate of drug-likeness (QED) is 0.0481. The average molecular weight is 823 g/mol. The van der Waals surface area contributed by atoms with Crippen LogP contribution in [0.25, 0.3) is 0 Å². The van der Waals surface area contributed by atoms with Crippen molar-refractivity contribution >= 4 is 47.8 Å². The predicted octanol–water partition coefficient (Wildman–Crippen LogP) is 5.10. The molecule has 0 N–H and O–H groups in total. The van der Waals surface area contributed by atoms with Crippen molar-refractivity contribution in [1.82, 2.24) is 0 Å². The molecular formula is C42H62O16. The van der Waals surface area contributed by atoms with Gasteiger partial charge in [0, 0.05) is 36.0 Å². The summed E-state index contributed by atoms with van der Waals surface area (Å²) in [5, 5.41) is 0. The normalized spacial score (nSPS) is 16.5. The first-order valence-electron chi connectivity index (χ1n) is 19.8. The summed E-state index contributed by atoms with van der Waals surface area (Å²) < 4.78 is 42.2. The summed E-state index contributed by atoms with van der Waals surface area (Å²) in [4.78, 5) is 105. The summed E-state index contributed by atoms with van der Waals surface area (Å²) in [6.07, 6.45) is 0.00762. The minimum atomic E-state index is -2.20. The van der Waals surface area contributed by atoms with Gasteiger partial charge in [0.25, 0.3) is 0 Å². The second-order valence-electron chi connectivity index (χ2n) is 14.0. The fraction of sp³-hybridized carbons (Fsp3) is 0.667. The molecule has 1 saturated carbocycles. The van der Waals surface area contributed by atoms with E-state index < -0.39 is 83.8 Å². The second kappa shape index (κ2) is 25.4. The first kappa shape index (κ1) is 51.0. The standard InChI is InChI=1S/C42H62O16/c1-11-51-33(43)27(7)21-41(37(47)55-15-5,22-28(8)34(44)52-12-2)39(49)57-25-31-17-19-32(20-18-31)26-58-40(50)42(38(48)56-16-6,23-29(9)35(45)53-13-3)24-30(10)36(46)54-14-4/h30-32H,7-9,11-26H2,1-6,10H3. The lowest BCUT2D eigenvalue weighted by Crippen LogP contribution is -2.46. The monoisotopic (exact) mass is 822 g/mol. The van der Waals surface area contributed by atoms with Crippen LogP contribution in [-0.2, 0) is 76.3 Å². The lowest BCUT2D eigenvalue weighted by molar-refractivity contribution is -0.178. The molecule has 1 aliphatic carbocycles. The van der Waals surface area contributed by atoms with Gasteiger partial charge < -0.3 is 37.9 Å². The number of carbonyl (C=O) groups excluding carboxylic acids is 8. The highest BCUT2D eigenvalue weighted by Gasteiger charge is 2.53. The zero-order valence-corrected chi connectivity index (χ0v) is 35.2. The van der Waals surface area contributed by atoms with Crippen molar-refractivity contribution in [1.29, 1.82) is 0 Å². The molecule has 1 fully saturated rings. The van der Waals surface area contributed by atoms with Crippen LogP contribution < -0.4 is 0 Å². The Morgan fingerprint density at radius 1 is 0.466 bits per heavy atom. The van der Waals surface area contributed by atoms with Crippen molar-refractivity contribution in [2.75, 3.05) is 52.9 Å². The van der Waals surface area contributed by atoms with E-state index in [4.69, 9.17) is 37.9 Å². The molecule has 1 aliphatic rings. The molecule has 0 saturated heterocycles. The molecule has 0 heterocycles. The molecule has 2 unspecified atom stereocenters. The number of hydrogen-bond donors (Lipinski definition) is 0. The molecule has 2 atom stereocenters. The fourth-order valence-corrected chi connectivity index (χ4v) is 6.57. The van der Waals surface area contributed by atoms with Crippen LogP contribution in [0, 0.1) is 28.6 Å². The molecule has 16 heteroatoms. The third-order valence-electron chi connectivity index (χ3n) is 9.56. The molecule has 0 aromatic rings. The summed E-state index contributed by atoms with van der Waals surface area (Å²) in [7, 11) is 0. The van der Waals surface area contributed by atoms with Gasteiger partial charge in [-0.3, -0.25) is 24.0 Å². The highest BCUT2D eigenvalue weighted by atomic mass is 16.6. The first-order chi connectivity index (χ1) is 27.4. The molecule has 58 heavy (non-hydrogen) atoms. The topological polar surface area (TPSA) is 210 Å². The Hall–Kier alpha value is -5.02. The Balaban J connectivity index is 3.23. The Bertz CT molecular complexity index is 1470. The van der Waals surface area contributed by atoms with Crippen molar-refractivity contribution in [3.8, 4) is 0 Å². The summed E-state index contributed by atoms with van der Waals surface area (Å²) in [5.74, 6) is -8.55. The molecule has 0 aromatic heterocycles. The van der Waals surface area contributed by atoms with Crippen molar-refractivity contribution in [3.05, 3.63) is 36.5 Å². The van der Waals surface area contributed by atoms with Gasteiger partial charge in [-0.05, 0) is 85.5 Å². The summed E-state index contributed by atoms with van der Waals surface area (Å²) >= 11 is 0. The van der Waals surface area contributed by atoms with Crippen LogP contribution in [0.4, 0.5) is 0 Å². The van der Waals surface area contributed by atoms with Crippen LogP contribution >= 0.6 is 0 Å². The molecule has 0 radical (unpaired) electrons. The van der Waals surface area contributed by atoms with Gasteiger partial charge in [-0.2, -0.15) is 0 Å². The van der Waals surface area contributed by atoms with Gasteiger partial charge in [-0.25, -0.2) is 14.4 Å². The Morgan fingerprint density at radius 2 is 0.759 bits per heavy atom. The number of esters is 8. The molecular weight excluding hydrogens is 760 g/mol. The maximum atomic E-state index is 14.0. The van der Waals surface area contributed by atoms with Crippen LogP contribution in [0.1, 0.15) is 99.8 Å². The average Bonchev–Trinajstić information content (AvgIpc) is 3.18. The summed E-state index contributed by atoms with van der Waals surface area (Å²) in [6, 6.07) is 0. The fourth-order valence-electron chi connectivity index (χ4n) is 6.57. The molecule has 326 valence electrons. The molecule has 0 aliphatic heterocycles. The van der Waals surface area contributed by atoms with Gasteiger partial charge in [0.1, 0.15) is 0 Å². The van der Waals surface area contributed by atoms with E-state index in [1.165, 1.54) is 13.8 Å². The van der Waals surface area contributed by atoms with Crippen LogP contribution in [0.5, 0.6) is 0 Å². The molecule has 0 spiro atoms. The minimum Gasteiger partial charge on any atom is -0.466 e. The van der Waals surface area contributed by atoms with E-state index in [1.807, 2.05) is 0 Å². The van der Waals surface area contributed by atoms with Gasteiger partial charge in [0.05, 0.1) is 58.8 Å². The predicted molar refractivity (Wildman–Crippen MR) is 207 cm³/mol. The zero-order valence-electron chi connectivity index (χ0n) is 35.2. The van der Waals surface area contributed by atoms with E-state index in [-0.39, 0.29) is 87.8 Å². The molecule has 16 nitrogen and oxygen atoms in total. The van der Waals surface area contributed by atoms with Gasteiger partial charge in [-0.15, -0.1) is 0 Å². The lowest BCUT2D eigenvalue weighted by Gasteiger charge is -2.33. The highest BCUT2D eigenvalue weighted by molar-refractivity contribution is 6.04. The summed E-state index contributed by atoms with van der Waals surface area (Å²) in [5.41, 5.74) is -4.93. The highest BCUT2D eigenvalue weighted by Crippen LogP contribution is 2.40. The van der Waals surface area contributed by atoms with Crippen LogP contribution in [0.15, 0.2) is 36.5 Å². The SMILES string of the molecule is C=C(CC(CC(=C)C(=O)OCC)(C(=O)OCC)C(=O)OCC1CCC(COC(=O)C(CC(=C)C(=O)OCC)(CC(C)C(=O)OCC)C(=O)OCC)CC1)C(=O)OCC. The first-order valence-corrected chi connectivity index (χ1v) is 19.8. The molecule has 0 aromatic carbocycles. The second-order valence-corrected chi connectivity index (χ2v) is 14.0. The van der Waals surface area contributed by atoms with E-state index in [0.29, 0.717) is 25.7 Å². The van der Waals surface area contributed by atoms with Crippen molar-refractivity contribution < 1.29 is 76.3 Å². The molecule has 0 bridgehead atoms. The van der Waals surface area contributed by atoms with E-state index in [1.54, 1.807) is 34.6 Å².